The number of phenols is 1. The molecule has 0 spiro atoms. The summed E-state index contributed by atoms with van der Waals surface area (Å²) in [5.41, 5.74) is -1.45. The Hall–Kier alpha value is -3.73. The minimum Gasteiger partial charge on any atom is -0.507 e. The second kappa shape index (κ2) is 6.53. The highest BCUT2D eigenvalue weighted by Crippen LogP contribution is 2.34. The fourth-order valence-corrected chi connectivity index (χ4v) is 3.36. The van der Waals surface area contributed by atoms with Crippen molar-refractivity contribution in [2.45, 2.75) is 4.90 Å². The third-order valence-corrected chi connectivity index (χ3v) is 4.90. The Morgan fingerprint density at radius 2 is 1.67 bits per heavy atom. The first kappa shape index (κ1) is 18.1. The van der Waals surface area contributed by atoms with Gasteiger partial charge in [0.1, 0.15) is 10.6 Å². The molecule has 0 bridgehead atoms. The fourth-order valence-electron chi connectivity index (χ4n) is 2.39. The van der Waals surface area contributed by atoms with E-state index in [2.05, 4.69) is 0 Å². The number of hydrogen-bond donors (Lipinski definition) is 1. The van der Waals surface area contributed by atoms with E-state index in [0.717, 1.165) is 18.2 Å². The number of phenolic OH excluding ortho intramolecular Hbond substituents is 1. The van der Waals surface area contributed by atoms with Gasteiger partial charge in [-0.15, -0.1) is 0 Å². The minimum absolute atomic E-state index is 0.147. The van der Waals surface area contributed by atoms with Crippen LogP contribution in [-0.4, -0.2) is 23.4 Å². The molecule has 1 N–H and O–H groups in total. The average molecular weight is 390 g/mol. The van der Waals surface area contributed by atoms with E-state index in [9.17, 15) is 33.8 Å². The lowest BCUT2D eigenvalue weighted by Crippen LogP contribution is -2.11. The van der Waals surface area contributed by atoms with E-state index < -0.39 is 37.1 Å². The van der Waals surface area contributed by atoms with Crippen molar-refractivity contribution < 1.29 is 27.6 Å². The van der Waals surface area contributed by atoms with Crippen molar-refractivity contribution in [1.29, 1.82) is 0 Å². The first-order chi connectivity index (χ1) is 12.7. The van der Waals surface area contributed by atoms with Gasteiger partial charge in [0.2, 0.25) is 5.75 Å². The molecule has 3 aromatic carbocycles. The van der Waals surface area contributed by atoms with Crippen LogP contribution in [-0.2, 0) is 10.1 Å². The Balaban J connectivity index is 2.06. The number of nitro benzene ring substituents is 2. The maximum absolute atomic E-state index is 12.5. The highest BCUT2D eigenvalue weighted by Gasteiger charge is 2.26. The van der Waals surface area contributed by atoms with Gasteiger partial charge in [-0.3, -0.25) is 20.2 Å². The third kappa shape index (κ3) is 3.48. The van der Waals surface area contributed by atoms with E-state index in [1.165, 1.54) is 18.2 Å². The summed E-state index contributed by atoms with van der Waals surface area (Å²) in [6.07, 6.45) is 0. The predicted octanol–water partition coefficient (Wildman–Crippen LogP) is 3.13. The molecule has 3 rings (SSSR count). The molecule has 0 aliphatic carbocycles. The Labute approximate surface area is 151 Å². The van der Waals surface area contributed by atoms with Gasteiger partial charge in [-0.25, -0.2) is 0 Å². The maximum Gasteiger partial charge on any atom is 0.339 e. The summed E-state index contributed by atoms with van der Waals surface area (Å²) in [6.45, 7) is 0. The number of rotatable bonds is 5. The summed E-state index contributed by atoms with van der Waals surface area (Å²) >= 11 is 0. The number of non-ortho nitro benzene ring substituents is 1. The van der Waals surface area contributed by atoms with Gasteiger partial charge in [0.25, 0.3) is 5.69 Å². The summed E-state index contributed by atoms with van der Waals surface area (Å²) in [7, 11) is -4.50. The molecule has 10 nitrogen and oxygen atoms in total. The summed E-state index contributed by atoms with van der Waals surface area (Å²) in [4.78, 5) is 19.7. The van der Waals surface area contributed by atoms with Crippen molar-refractivity contribution in [1.82, 2.24) is 0 Å². The smallest absolute Gasteiger partial charge is 0.339 e. The van der Waals surface area contributed by atoms with Crippen molar-refractivity contribution in [3.05, 3.63) is 74.8 Å². The average Bonchev–Trinajstić information content (AvgIpc) is 2.61. The van der Waals surface area contributed by atoms with Crippen LogP contribution in [0.5, 0.6) is 11.5 Å². The molecule has 0 aliphatic rings. The number of benzene rings is 3. The molecular weight excluding hydrogens is 380 g/mol. The van der Waals surface area contributed by atoms with Crippen molar-refractivity contribution >= 4 is 32.3 Å². The van der Waals surface area contributed by atoms with E-state index in [1.54, 1.807) is 12.1 Å². The summed E-state index contributed by atoms with van der Waals surface area (Å²) in [5, 5.41) is 32.6. The van der Waals surface area contributed by atoms with E-state index in [1.807, 2.05) is 0 Å². The molecule has 27 heavy (non-hydrogen) atoms. The monoisotopic (exact) mass is 390 g/mol. The normalized spacial score (nSPS) is 11.3. The van der Waals surface area contributed by atoms with Gasteiger partial charge in [-0.05, 0) is 29.7 Å². The SMILES string of the molecule is O=[N+]([O-])c1ccc(OS(=O)(=O)c2ccc3cccc(O)c3c2)c([N+](=O)[O-])c1. The zero-order chi connectivity index (χ0) is 19.8. The zero-order valence-corrected chi connectivity index (χ0v) is 14.1. The fraction of sp³-hybridized carbons (Fsp3) is 0. The third-order valence-electron chi connectivity index (χ3n) is 3.67. The Bertz CT molecular complexity index is 1190. The number of hydrogen-bond acceptors (Lipinski definition) is 8. The van der Waals surface area contributed by atoms with E-state index in [4.69, 9.17) is 4.18 Å². The Kier molecular flexibility index (Phi) is 4.37. The van der Waals surface area contributed by atoms with Crippen molar-refractivity contribution in [2.24, 2.45) is 0 Å². The molecule has 0 unspecified atom stereocenters. The maximum atomic E-state index is 12.5. The summed E-state index contributed by atoms with van der Waals surface area (Å²) in [5.74, 6) is -0.811. The zero-order valence-electron chi connectivity index (χ0n) is 13.3. The lowest BCUT2D eigenvalue weighted by Gasteiger charge is -2.09. The van der Waals surface area contributed by atoms with Crippen LogP contribution in [0.15, 0.2) is 59.5 Å². The van der Waals surface area contributed by atoms with Crippen molar-refractivity contribution in [2.75, 3.05) is 0 Å². The highest BCUT2D eigenvalue weighted by molar-refractivity contribution is 7.87. The van der Waals surface area contributed by atoms with Gasteiger partial charge in [0.05, 0.1) is 15.9 Å². The molecule has 0 aromatic heterocycles. The second-order valence-corrected chi connectivity index (χ2v) is 6.91. The molecule has 138 valence electrons. The molecule has 0 aliphatic heterocycles. The van der Waals surface area contributed by atoms with Crippen LogP contribution < -0.4 is 4.18 Å². The number of aromatic hydroxyl groups is 1. The lowest BCUT2D eigenvalue weighted by molar-refractivity contribution is -0.394. The number of nitro groups is 2. The summed E-state index contributed by atoms with van der Waals surface area (Å²) in [6, 6.07) is 10.8. The molecular formula is C16H10N2O8S. The van der Waals surface area contributed by atoms with Crippen molar-refractivity contribution in [3.63, 3.8) is 0 Å². The molecule has 0 saturated carbocycles. The van der Waals surface area contributed by atoms with Crippen LogP contribution in [0.1, 0.15) is 0 Å². The van der Waals surface area contributed by atoms with Gasteiger partial charge in [0, 0.05) is 11.5 Å². The quantitative estimate of drug-likeness (QED) is 0.396. The van der Waals surface area contributed by atoms with Gasteiger partial charge in [0.15, 0.2) is 0 Å². The number of nitrogens with zero attached hydrogens (tertiary/aromatic N) is 2. The van der Waals surface area contributed by atoms with Crippen LogP contribution in [0, 0.1) is 20.2 Å². The van der Waals surface area contributed by atoms with Gasteiger partial charge < -0.3 is 9.29 Å². The highest BCUT2D eigenvalue weighted by atomic mass is 32.2. The molecule has 0 atom stereocenters. The van der Waals surface area contributed by atoms with E-state index in [0.29, 0.717) is 11.5 Å². The topological polar surface area (TPSA) is 150 Å². The largest absolute Gasteiger partial charge is 0.507 e. The molecule has 0 heterocycles. The van der Waals surface area contributed by atoms with Crippen LogP contribution in [0.25, 0.3) is 10.8 Å². The standard InChI is InChI=1S/C16H10N2O8S/c19-15-3-1-2-10-4-6-12(9-13(10)15)27(24,25)26-16-7-5-11(17(20)21)8-14(16)18(22)23/h1-9,19H. The number of fused-ring (bicyclic) bond motifs is 1. The first-order valence-corrected chi connectivity index (χ1v) is 8.69. The first-order valence-electron chi connectivity index (χ1n) is 7.28. The van der Waals surface area contributed by atoms with Gasteiger partial charge >= 0.3 is 15.8 Å². The van der Waals surface area contributed by atoms with Crippen molar-refractivity contribution in [3.8, 4) is 11.5 Å². The lowest BCUT2D eigenvalue weighted by atomic mass is 10.1. The van der Waals surface area contributed by atoms with Crippen LogP contribution >= 0.6 is 0 Å². The minimum atomic E-state index is -4.50. The van der Waals surface area contributed by atoms with Crippen LogP contribution in [0.3, 0.4) is 0 Å². The molecule has 3 aromatic rings. The Morgan fingerprint density at radius 1 is 0.926 bits per heavy atom. The predicted molar refractivity (Wildman–Crippen MR) is 93.2 cm³/mol. The second-order valence-electron chi connectivity index (χ2n) is 5.36. The molecule has 0 fully saturated rings. The molecule has 0 saturated heterocycles. The van der Waals surface area contributed by atoms with Gasteiger partial charge in [-0.1, -0.05) is 18.2 Å². The van der Waals surface area contributed by atoms with Crippen LogP contribution in [0.4, 0.5) is 11.4 Å². The molecule has 0 amide bonds. The van der Waals surface area contributed by atoms with Crippen LogP contribution in [0.2, 0.25) is 0 Å². The van der Waals surface area contributed by atoms with Gasteiger partial charge in [-0.2, -0.15) is 8.42 Å². The van der Waals surface area contributed by atoms with E-state index in [-0.39, 0.29) is 16.0 Å². The Morgan fingerprint density at radius 3 is 2.33 bits per heavy atom. The molecule has 11 heteroatoms. The van der Waals surface area contributed by atoms with E-state index >= 15 is 0 Å². The summed E-state index contributed by atoms with van der Waals surface area (Å²) < 4.78 is 29.8. The molecule has 0 radical (unpaired) electrons.